The smallest absolute Gasteiger partial charge is 0.0949 e. The van der Waals surface area contributed by atoms with Gasteiger partial charge in [-0.1, -0.05) is 12.1 Å². The van der Waals surface area contributed by atoms with Gasteiger partial charge >= 0.3 is 0 Å². The lowest BCUT2D eigenvalue weighted by atomic mass is 10.1. The molecule has 1 aromatic carbocycles. The van der Waals surface area contributed by atoms with E-state index in [-0.39, 0.29) is 0 Å². The molecule has 4 nitrogen and oxygen atoms in total. The first kappa shape index (κ1) is 12.2. The summed E-state index contributed by atoms with van der Waals surface area (Å²) < 4.78 is 7.46. The first-order valence-electron chi connectivity index (χ1n) is 6.76. The van der Waals surface area contributed by atoms with Crippen molar-refractivity contribution < 1.29 is 4.74 Å². The molecule has 1 aliphatic rings. The van der Waals surface area contributed by atoms with Gasteiger partial charge in [-0.25, -0.2) is 4.98 Å². The minimum Gasteiger partial charge on any atom is -0.385 e. The Morgan fingerprint density at radius 1 is 1.42 bits per heavy atom. The van der Waals surface area contributed by atoms with E-state index >= 15 is 0 Å². The Bertz CT molecular complexity index is 504. The highest BCUT2D eigenvalue weighted by Gasteiger charge is 2.14. The van der Waals surface area contributed by atoms with Gasteiger partial charge in [-0.05, 0) is 24.1 Å². The van der Waals surface area contributed by atoms with Gasteiger partial charge < -0.3 is 14.6 Å². The molecule has 0 bridgehead atoms. The minimum absolute atomic E-state index is 0.650. The Kier molecular flexibility index (Phi) is 3.79. The van der Waals surface area contributed by atoms with E-state index in [0.717, 1.165) is 26.3 Å². The molecule has 19 heavy (non-hydrogen) atoms. The van der Waals surface area contributed by atoms with Gasteiger partial charge in [0.25, 0.3) is 0 Å². The second-order valence-electron chi connectivity index (χ2n) is 5.05. The van der Waals surface area contributed by atoms with Crippen LogP contribution in [0.5, 0.6) is 0 Å². The van der Waals surface area contributed by atoms with Crippen LogP contribution in [0.15, 0.2) is 43.0 Å². The van der Waals surface area contributed by atoms with Gasteiger partial charge in [0.05, 0.1) is 12.9 Å². The van der Waals surface area contributed by atoms with Crippen molar-refractivity contribution in [1.82, 2.24) is 9.55 Å². The second kappa shape index (κ2) is 5.89. The summed E-state index contributed by atoms with van der Waals surface area (Å²) in [5.74, 6) is 0.650. The van der Waals surface area contributed by atoms with Crippen LogP contribution in [0.1, 0.15) is 12.0 Å². The maximum atomic E-state index is 5.39. The molecule has 2 aromatic rings. The molecular weight excluding hydrogens is 238 g/mol. The van der Waals surface area contributed by atoms with E-state index in [2.05, 4.69) is 39.1 Å². The Balaban J connectivity index is 1.59. The van der Waals surface area contributed by atoms with Gasteiger partial charge in [-0.2, -0.15) is 0 Å². The third-order valence-electron chi connectivity index (χ3n) is 3.47. The molecule has 1 aliphatic heterocycles. The predicted octanol–water partition coefficient (Wildman–Crippen LogP) is 2.38. The van der Waals surface area contributed by atoms with Gasteiger partial charge in [-0.3, -0.25) is 0 Å². The normalized spacial score (nSPS) is 18.6. The molecule has 1 atom stereocenters. The van der Waals surface area contributed by atoms with Crippen LogP contribution >= 0.6 is 0 Å². The standard InChI is InChI=1S/C15H19N3O/c1-2-13(10-18-6-5-16-12-18)8-15(3-1)17-9-14-4-7-19-11-14/h1-3,5-6,8,12,14,17H,4,7,9-11H2. The van der Waals surface area contributed by atoms with Crippen LogP contribution in [0.2, 0.25) is 0 Å². The third-order valence-corrected chi connectivity index (χ3v) is 3.47. The number of rotatable bonds is 5. The number of nitrogens with one attached hydrogen (secondary N) is 1. The minimum atomic E-state index is 0.650. The molecule has 0 aliphatic carbocycles. The van der Waals surface area contributed by atoms with Crippen LogP contribution in [0, 0.1) is 5.92 Å². The Hall–Kier alpha value is -1.81. The van der Waals surface area contributed by atoms with Crippen molar-refractivity contribution in [1.29, 1.82) is 0 Å². The average Bonchev–Trinajstić information content (AvgIpc) is 3.10. The summed E-state index contributed by atoms with van der Waals surface area (Å²) in [5, 5.41) is 3.50. The largest absolute Gasteiger partial charge is 0.385 e. The van der Waals surface area contributed by atoms with Crippen molar-refractivity contribution >= 4 is 5.69 Å². The average molecular weight is 257 g/mol. The van der Waals surface area contributed by atoms with E-state index < -0.39 is 0 Å². The highest BCUT2D eigenvalue weighted by Crippen LogP contribution is 2.16. The van der Waals surface area contributed by atoms with Gasteiger partial charge in [0.15, 0.2) is 0 Å². The topological polar surface area (TPSA) is 39.1 Å². The lowest BCUT2D eigenvalue weighted by Crippen LogP contribution is -2.14. The van der Waals surface area contributed by atoms with Gasteiger partial charge in [0.1, 0.15) is 0 Å². The molecule has 0 radical (unpaired) electrons. The molecule has 0 spiro atoms. The van der Waals surface area contributed by atoms with E-state index in [0.29, 0.717) is 5.92 Å². The van der Waals surface area contributed by atoms with E-state index in [1.165, 1.54) is 17.7 Å². The van der Waals surface area contributed by atoms with Crippen molar-refractivity contribution in [3.8, 4) is 0 Å². The molecule has 1 N–H and O–H groups in total. The SMILES string of the molecule is c1cc(Cn2ccnc2)cc(NCC2CCOC2)c1. The molecule has 0 amide bonds. The zero-order valence-electron chi connectivity index (χ0n) is 11.0. The number of aromatic nitrogens is 2. The van der Waals surface area contributed by atoms with Crippen LogP contribution in [-0.4, -0.2) is 29.3 Å². The van der Waals surface area contributed by atoms with Gasteiger partial charge in [0.2, 0.25) is 0 Å². The quantitative estimate of drug-likeness (QED) is 0.894. The molecule has 4 heteroatoms. The van der Waals surface area contributed by atoms with Crippen LogP contribution < -0.4 is 5.32 Å². The zero-order chi connectivity index (χ0) is 12.9. The first-order chi connectivity index (χ1) is 9.40. The number of benzene rings is 1. The van der Waals surface area contributed by atoms with Crippen molar-refractivity contribution in [3.05, 3.63) is 48.5 Å². The summed E-state index contributed by atoms with van der Waals surface area (Å²) in [6.45, 7) is 3.66. The fraction of sp³-hybridized carbons (Fsp3) is 0.400. The Morgan fingerprint density at radius 3 is 3.21 bits per heavy atom. The van der Waals surface area contributed by atoms with Crippen molar-refractivity contribution in [2.75, 3.05) is 25.1 Å². The summed E-state index contributed by atoms with van der Waals surface area (Å²) >= 11 is 0. The number of hydrogen-bond acceptors (Lipinski definition) is 3. The maximum Gasteiger partial charge on any atom is 0.0949 e. The number of nitrogens with zero attached hydrogens (tertiary/aromatic N) is 2. The fourth-order valence-electron chi connectivity index (χ4n) is 2.38. The van der Waals surface area contributed by atoms with Crippen molar-refractivity contribution in [2.45, 2.75) is 13.0 Å². The number of hydrogen-bond donors (Lipinski definition) is 1. The molecule has 1 saturated heterocycles. The second-order valence-corrected chi connectivity index (χ2v) is 5.05. The zero-order valence-corrected chi connectivity index (χ0v) is 11.0. The first-order valence-corrected chi connectivity index (χ1v) is 6.76. The molecule has 1 aromatic heterocycles. The van der Waals surface area contributed by atoms with Crippen LogP contribution in [0.3, 0.4) is 0 Å². The van der Waals surface area contributed by atoms with Crippen LogP contribution in [-0.2, 0) is 11.3 Å². The molecule has 2 heterocycles. The Morgan fingerprint density at radius 2 is 2.42 bits per heavy atom. The van der Waals surface area contributed by atoms with Crippen LogP contribution in [0.4, 0.5) is 5.69 Å². The van der Waals surface area contributed by atoms with Gasteiger partial charge in [0, 0.05) is 43.7 Å². The summed E-state index contributed by atoms with van der Waals surface area (Å²) in [4.78, 5) is 4.06. The summed E-state index contributed by atoms with van der Waals surface area (Å²) in [7, 11) is 0. The lowest BCUT2D eigenvalue weighted by molar-refractivity contribution is 0.187. The predicted molar refractivity (Wildman–Crippen MR) is 75.2 cm³/mol. The van der Waals surface area contributed by atoms with E-state index in [4.69, 9.17) is 4.74 Å². The van der Waals surface area contributed by atoms with E-state index in [1.807, 2.05) is 18.7 Å². The number of imidazole rings is 1. The number of anilines is 1. The third kappa shape index (κ3) is 3.35. The van der Waals surface area contributed by atoms with Crippen LogP contribution in [0.25, 0.3) is 0 Å². The highest BCUT2D eigenvalue weighted by atomic mass is 16.5. The Labute approximate surface area is 113 Å². The fourth-order valence-corrected chi connectivity index (χ4v) is 2.38. The summed E-state index contributed by atoms with van der Waals surface area (Å²) in [5.41, 5.74) is 2.47. The molecule has 0 saturated carbocycles. The van der Waals surface area contributed by atoms with Crippen molar-refractivity contribution in [2.24, 2.45) is 5.92 Å². The van der Waals surface area contributed by atoms with E-state index in [1.54, 1.807) is 0 Å². The lowest BCUT2D eigenvalue weighted by Gasteiger charge is -2.12. The molecule has 1 unspecified atom stereocenters. The van der Waals surface area contributed by atoms with Gasteiger partial charge in [-0.15, -0.1) is 0 Å². The molecule has 1 fully saturated rings. The molecule has 100 valence electrons. The van der Waals surface area contributed by atoms with Crippen molar-refractivity contribution in [3.63, 3.8) is 0 Å². The molecule has 3 rings (SSSR count). The monoisotopic (exact) mass is 257 g/mol. The highest BCUT2D eigenvalue weighted by molar-refractivity contribution is 5.45. The maximum absolute atomic E-state index is 5.39. The summed E-state index contributed by atoms with van der Waals surface area (Å²) in [6.07, 6.45) is 6.80. The molecular formula is C15H19N3O. The van der Waals surface area contributed by atoms with E-state index in [9.17, 15) is 0 Å². The number of ether oxygens (including phenoxy) is 1. The summed E-state index contributed by atoms with van der Waals surface area (Å²) in [6, 6.07) is 8.56.